The molecule has 2 aromatic carbocycles. The standard InChI is InChI=1S/C44H60N4O11S/c1-22-13-12-14-23(2)43(55)46-34-29(21-45-48-18-16-47(9)17-19-48)37(52)31-32(38(34)53)41(60-11)27(6)40-33(31)42(54)44(8,59-40)57-20-15-30(56-10)24(3)39(58-28(7)49)26(5)36(51)25(4)35(22)50/h12-15,20-22,24-26,30,35-36,39,50-53H,16-19H2,1-11H3,(H,46,55)/b13-12+,20-15+,23-14-,45-21+/t22-,24+,25+,26+,30-,35-,36+,39+,44-/m0/s1. The lowest BCUT2D eigenvalue weighted by molar-refractivity contribution is -0.160. The number of nitrogens with zero attached hydrogens (tertiary/aromatic N) is 3. The molecule has 60 heavy (non-hydrogen) atoms. The number of rotatable bonds is 5. The molecule has 1 saturated heterocycles. The van der Waals surface area contributed by atoms with Crippen LogP contribution in [-0.2, 0) is 23.8 Å². The monoisotopic (exact) mass is 852 g/mol. The van der Waals surface area contributed by atoms with Gasteiger partial charge >= 0.3 is 11.8 Å². The van der Waals surface area contributed by atoms with Gasteiger partial charge in [0.1, 0.15) is 23.4 Å². The number of ketones is 1. The highest BCUT2D eigenvalue weighted by Gasteiger charge is 2.50. The van der Waals surface area contributed by atoms with Crippen LogP contribution in [0.15, 0.2) is 46.1 Å². The molecular formula is C44H60N4O11S. The average molecular weight is 853 g/mol. The number of fused-ring (bicyclic) bond motifs is 14. The number of ether oxygens (including phenoxy) is 4. The minimum absolute atomic E-state index is 0.00293. The van der Waals surface area contributed by atoms with Crippen LogP contribution in [0.1, 0.15) is 70.0 Å². The Kier molecular flexibility index (Phi) is 14.7. The van der Waals surface area contributed by atoms with E-state index < -0.39 is 77.3 Å². The Morgan fingerprint density at radius 3 is 2.28 bits per heavy atom. The molecule has 5 N–H and O–H groups in total. The molecule has 0 radical (unpaired) electrons. The zero-order valence-electron chi connectivity index (χ0n) is 36.3. The number of allylic oxidation sites excluding steroid dienone is 2. The second kappa shape index (κ2) is 19.0. The molecule has 4 heterocycles. The molecule has 5 bridgehead atoms. The van der Waals surface area contributed by atoms with Crippen molar-refractivity contribution in [1.29, 1.82) is 0 Å². The zero-order valence-corrected chi connectivity index (χ0v) is 37.1. The number of hydrogen-bond donors (Lipinski definition) is 5. The highest BCUT2D eigenvalue weighted by molar-refractivity contribution is 7.98. The molecular weight excluding hydrogens is 793 g/mol. The number of benzene rings is 2. The maximum atomic E-state index is 14.6. The summed E-state index contributed by atoms with van der Waals surface area (Å²) in [6, 6.07) is 0. The van der Waals surface area contributed by atoms with Crippen molar-refractivity contribution in [3.8, 4) is 17.2 Å². The Morgan fingerprint density at radius 1 is 1.00 bits per heavy atom. The number of piperazine rings is 1. The number of hydrazone groups is 1. The van der Waals surface area contributed by atoms with Gasteiger partial charge in [0.15, 0.2) is 0 Å². The van der Waals surface area contributed by atoms with Crippen molar-refractivity contribution in [2.45, 2.75) is 90.5 Å². The molecule has 0 spiro atoms. The Morgan fingerprint density at radius 2 is 1.67 bits per heavy atom. The highest BCUT2D eigenvalue weighted by Crippen LogP contribution is 2.54. The van der Waals surface area contributed by atoms with Crippen molar-refractivity contribution < 1.29 is 53.8 Å². The minimum atomic E-state index is -1.94. The average Bonchev–Trinajstić information content (AvgIpc) is 3.48. The number of aromatic hydroxyl groups is 2. The van der Waals surface area contributed by atoms with E-state index in [1.54, 1.807) is 72.1 Å². The topological polar surface area (TPSA) is 200 Å². The van der Waals surface area contributed by atoms with E-state index in [1.807, 2.05) is 12.1 Å². The van der Waals surface area contributed by atoms with Crippen LogP contribution in [0.5, 0.6) is 17.2 Å². The number of anilines is 1. The van der Waals surface area contributed by atoms with E-state index in [1.165, 1.54) is 45.2 Å². The lowest BCUT2D eigenvalue weighted by atomic mass is 9.78. The van der Waals surface area contributed by atoms with Crippen LogP contribution in [0.2, 0.25) is 0 Å². The summed E-state index contributed by atoms with van der Waals surface area (Å²) in [6.07, 6.45) is 7.07. The van der Waals surface area contributed by atoms with E-state index in [0.717, 1.165) is 13.1 Å². The van der Waals surface area contributed by atoms with Crippen molar-refractivity contribution in [2.24, 2.45) is 28.8 Å². The van der Waals surface area contributed by atoms with Crippen LogP contribution in [0, 0.1) is 30.6 Å². The number of nitrogens with one attached hydrogen (secondary N) is 1. The molecule has 0 aromatic heterocycles. The Hall–Kier alpha value is -4.61. The van der Waals surface area contributed by atoms with E-state index in [0.29, 0.717) is 23.5 Å². The van der Waals surface area contributed by atoms with E-state index in [9.17, 15) is 34.8 Å². The lowest BCUT2D eigenvalue weighted by Crippen LogP contribution is -2.46. The van der Waals surface area contributed by atoms with E-state index in [2.05, 4.69) is 15.3 Å². The summed E-state index contributed by atoms with van der Waals surface area (Å²) >= 11 is 1.26. The van der Waals surface area contributed by atoms with E-state index >= 15 is 0 Å². The third-order valence-corrected chi connectivity index (χ3v) is 13.0. The molecule has 1 amide bonds. The second-order valence-corrected chi connectivity index (χ2v) is 17.1. The summed E-state index contributed by atoms with van der Waals surface area (Å²) < 4.78 is 24.0. The van der Waals surface area contributed by atoms with E-state index in [4.69, 9.17) is 18.9 Å². The smallest absolute Gasteiger partial charge is 0.312 e. The highest BCUT2D eigenvalue weighted by atomic mass is 32.2. The molecule has 1 fully saturated rings. The van der Waals surface area contributed by atoms with Crippen molar-refractivity contribution in [1.82, 2.24) is 9.91 Å². The van der Waals surface area contributed by atoms with Crippen LogP contribution >= 0.6 is 11.8 Å². The number of amides is 1. The fraction of sp³-hybridized carbons (Fsp3) is 0.545. The number of phenolic OH excluding ortho intramolecular Hbond substituents is 2. The first-order chi connectivity index (χ1) is 28.3. The predicted molar refractivity (Wildman–Crippen MR) is 231 cm³/mol. The minimum Gasteiger partial charge on any atom is -0.507 e. The SMILES string of the molecule is CO[C@H]1/C=C/O[C@@]2(C)Oc3c(C)c(SC)c4c(O)c(c(/C=N/N5CCN(C)CC5)c(O)c4c3C2=O)NC(=O)/C(C)=C\C=C\[C@H](C)[C@H](O)[C@@H](C)[C@@H](O)[C@@H](C)[C@H](OC(C)=O)[C@@H]1C. The second-order valence-electron chi connectivity index (χ2n) is 16.3. The molecule has 4 aliphatic rings. The van der Waals surface area contributed by atoms with Gasteiger partial charge in [0.2, 0.25) is 0 Å². The molecule has 0 saturated carbocycles. The number of methoxy groups -OCH3 is 1. The third-order valence-electron chi connectivity index (χ3n) is 12.0. The molecule has 328 valence electrons. The summed E-state index contributed by atoms with van der Waals surface area (Å²) in [7, 11) is 3.47. The largest absolute Gasteiger partial charge is 0.507 e. The summed E-state index contributed by atoms with van der Waals surface area (Å²) in [4.78, 5) is 43.5. The number of aliphatic hydroxyl groups excluding tert-OH is 2. The Balaban J connectivity index is 1.73. The molecule has 0 aliphatic carbocycles. The van der Waals surface area contributed by atoms with Gasteiger partial charge in [-0.1, -0.05) is 45.9 Å². The van der Waals surface area contributed by atoms with Crippen LogP contribution in [-0.4, -0.2) is 131 Å². The number of Topliss-reactive ketones (excluding diaryl/α,β-unsaturated/α-hetero) is 1. The molecule has 15 nitrogen and oxygen atoms in total. The zero-order chi connectivity index (χ0) is 44.4. The van der Waals surface area contributed by atoms with Crippen molar-refractivity contribution in [2.75, 3.05) is 51.9 Å². The van der Waals surface area contributed by atoms with Gasteiger partial charge in [-0.2, -0.15) is 5.10 Å². The van der Waals surface area contributed by atoms with Gasteiger partial charge in [-0.25, -0.2) is 0 Å². The van der Waals surface area contributed by atoms with E-state index in [-0.39, 0.29) is 44.7 Å². The lowest BCUT2D eigenvalue weighted by Gasteiger charge is -2.38. The summed E-state index contributed by atoms with van der Waals surface area (Å²) in [5, 5.41) is 56.8. The van der Waals surface area contributed by atoms with Crippen LogP contribution in [0.25, 0.3) is 10.8 Å². The number of likely N-dealkylation sites (N-methyl/N-ethyl adjacent to an activating group) is 1. The summed E-state index contributed by atoms with van der Waals surface area (Å²) in [6.45, 7) is 15.7. The van der Waals surface area contributed by atoms with Gasteiger partial charge in [-0.3, -0.25) is 19.4 Å². The number of hydrogen-bond acceptors (Lipinski definition) is 15. The predicted octanol–water partition coefficient (Wildman–Crippen LogP) is 5.35. The molecule has 16 heteroatoms. The first-order valence-electron chi connectivity index (χ1n) is 20.2. The fourth-order valence-electron chi connectivity index (χ4n) is 8.16. The van der Waals surface area contributed by atoms with Crippen LogP contribution in [0.3, 0.4) is 0 Å². The van der Waals surface area contributed by atoms with Gasteiger partial charge in [0.25, 0.3) is 11.7 Å². The number of carbonyl (C=O) groups excluding carboxylic acids is 3. The van der Waals surface area contributed by atoms with Gasteiger partial charge in [-0.05, 0) is 33.2 Å². The summed E-state index contributed by atoms with van der Waals surface area (Å²) in [5.74, 6) is -6.77. The van der Waals surface area contributed by atoms with Crippen LogP contribution < -0.4 is 10.1 Å². The maximum Gasteiger partial charge on any atom is 0.312 e. The maximum absolute atomic E-state index is 14.6. The first-order valence-corrected chi connectivity index (χ1v) is 21.4. The molecule has 0 unspecified atom stereocenters. The van der Waals surface area contributed by atoms with Gasteiger partial charge in [-0.15, -0.1) is 11.8 Å². The van der Waals surface area contributed by atoms with Gasteiger partial charge in [0, 0.05) is 97.6 Å². The van der Waals surface area contributed by atoms with Crippen LogP contribution in [0.4, 0.5) is 5.69 Å². The van der Waals surface area contributed by atoms with Gasteiger partial charge in [0.05, 0.1) is 47.6 Å². The number of aliphatic hydroxyl groups is 2. The van der Waals surface area contributed by atoms with Crippen molar-refractivity contribution in [3.63, 3.8) is 0 Å². The molecule has 4 aliphatic heterocycles. The number of esters is 1. The Labute approximate surface area is 356 Å². The molecule has 2 aromatic rings. The quantitative estimate of drug-likeness (QED) is 0.0848. The first kappa shape index (κ1) is 46.5. The van der Waals surface area contributed by atoms with Crippen molar-refractivity contribution in [3.05, 3.63) is 52.8 Å². The third kappa shape index (κ3) is 9.17. The number of carbonyl (C=O) groups is 3. The number of thioether (sulfide) groups is 1. The number of phenols is 2. The fourth-order valence-corrected chi connectivity index (χ4v) is 8.97. The summed E-state index contributed by atoms with van der Waals surface area (Å²) in [5.41, 5.74) is 0.577. The molecule has 6 rings (SSSR count). The Bertz CT molecular complexity index is 2100. The van der Waals surface area contributed by atoms with Gasteiger partial charge < -0.3 is 49.6 Å². The van der Waals surface area contributed by atoms with Crippen molar-refractivity contribution >= 4 is 52.1 Å². The molecule has 9 atom stereocenters. The normalized spacial score (nSPS) is 31.8.